The van der Waals surface area contributed by atoms with E-state index in [2.05, 4.69) is 25.0 Å². The van der Waals surface area contributed by atoms with Crippen molar-refractivity contribution in [2.24, 2.45) is 5.92 Å². The van der Waals surface area contributed by atoms with E-state index < -0.39 is 43.8 Å². The molecule has 0 aromatic heterocycles. The molecule has 2 unspecified atom stereocenters. The summed E-state index contributed by atoms with van der Waals surface area (Å²) >= 11 is 0. The van der Waals surface area contributed by atoms with Crippen molar-refractivity contribution in [1.82, 2.24) is 10.2 Å². The number of alkyl carbamates (subject to hydrolysis) is 1. The molecule has 0 radical (unpaired) electrons. The predicted molar refractivity (Wildman–Crippen MR) is 104 cm³/mol. The molecule has 1 N–H and O–H groups in total. The lowest BCUT2D eigenvalue weighted by molar-refractivity contribution is -0.148. The maximum Gasteiger partial charge on any atom is 0.410 e. The lowest BCUT2D eigenvalue weighted by Crippen LogP contribution is -2.44. The number of nitrogens with zero attached hydrogens (tertiary/aromatic N) is 1. The number of carbonyl (C=O) groups is 3. The topological polar surface area (TPSA) is 94.2 Å². The molecule has 1 heterocycles. The number of esters is 1. The number of likely N-dealkylation sites (tertiary alicyclic amines) is 1. The van der Waals surface area contributed by atoms with Crippen LogP contribution in [-0.2, 0) is 19.0 Å². The van der Waals surface area contributed by atoms with E-state index in [1.54, 1.807) is 27.7 Å². The first-order valence-corrected chi connectivity index (χ1v) is 13.1. The molecule has 156 valence electrons. The van der Waals surface area contributed by atoms with Crippen LogP contribution in [0.4, 0.5) is 9.59 Å². The summed E-state index contributed by atoms with van der Waals surface area (Å²) in [5.41, 5.74) is -0.641. The van der Waals surface area contributed by atoms with Gasteiger partial charge in [0.05, 0.1) is 25.2 Å². The van der Waals surface area contributed by atoms with Crippen LogP contribution in [0.15, 0.2) is 0 Å². The van der Waals surface area contributed by atoms with Crippen molar-refractivity contribution >= 4 is 26.2 Å². The number of carbonyl (C=O) groups excluding carboxylic acids is 3. The molecule has 1 aliphatic heterocycles. The van der Waals surface area contributed by atoms with E-state index in [-0.39, 0.29) is 19.7 Å². The molecule has 0 aliphatic carbocycles. The fourth-order valence-electron chi connectivity index (χ4n) is 2.56. The van der Waals surface area contributed by atoms with Gasteiger partial charge in [-0.2, -0.15) is 0 Å². The smallest absolute Gasteiger partial charge is 0.410 e. The minimum Gasteiger partial charge on any atom is -0.466 e. The predicted octanol–water partition coefficient (Wildman–Crippen LogP) is 2.85. The molecular weight excluding hydrogens is 368 g/mol. The zero-order chi connectivity index (χ0) is 20.8. The summed E-state index contributed by atoms with van der Waals surface area (Å²) in [6, 6.07) is 0.284. The SMILES string of the molecule is CCOC(=O)C1CN(C(=O)OC(C)(C)C)CC1NC(=O)OCC[Si](C)(C)C. The Morgan fingerprint density at radius 1 is 1.11 bits per heavy atom. The van der Waals surface area contributed by atoms with Crippen LogP contribution in [0, 0.1) is 5.92 Å². The first-order chi connectivity index (χ1) is 12.3. The van der Waals surface area contributed by atoms with Crippen molar-refractivity contribution in [2.45, 2.75) is 65.0 Å². The molecule has 0 aromatic carbocycles. The van der Waals surface area contributed by atoms with E-state index in [0.29, 0.717) is 6.61 Å². The average Bonchev–Trinajstić information content (AvgIpc) is 2.88. The minimum atomic E-state index is -1.31. The Bertz CT molecular complexity index is 541. The van der Waals surface area contributed by atoms with Crippen molar-refractivity contribution < 1.29 is 28.6 Å². The van der Waals surface area contributed by atoms with E-state index in [1.807, 2.05) is 0 Å². The van der Waals surface area contributed by atoms with Gasteiger partial charge >= 0.3 is 18.2 Å². The first kappa shape index (κ1) is 23.3. The Hall–Kier alpha value is -1.77. The Kier molecular flexibility index (Phi) is 8.13. The van der Waals surface area contributed by atoms with E-state index >= 15 is 0 Å². The van der Waals surface area contributed by atoms with Gasteiger partial charge in [0.2, 0.25) is 0 Å². The van der Waals surface area contributed by atoms with Gasteiger partial charge in [0.1, 0.15) is 5.60 Å². The minimum absolute atomic E-state index is 0.133. The normalized spacial score (nSPS) is 20.2. The number of ether oxygens (including phenoxy) is 3. The summed E-state index contributed by atoms with van der Waals surface area (Å²) in [6.07, 6.45) is -1.10. The zero-order valence-electron chi connectivity index (χ0n) is 17.6. The van der Waals surface area contributed by atoms with Crippen LogP contribution in [-0.4, -0.2) is 69.1 Å². The second-order valence-electron chi connectivity index (χ2n) is 8.94. The molecule has 8 nitrogen and oxygen atoms in total. The maximum atomic E-state index is 12.3. The van der Waals surface area contributed by atoms with Crippen LogP contribution < -0.4 is 5.32 Å². The molecule has 27 heavy (non-hydrogen) atoms. The molecule has 0 saturated carbocycles. The van der Waals surface area contributed by atoms with Gasteiger partial charge in [0, 0.05) is 21.2 Å². The highest BCUT2D eigenvalue weighted by Gasteiger charge is 2.43. The molecule has 1 aliphatic rings. The molecule has 1 saturated heterocycles. The van der Waals surface area contributed by atoms with Gasteiger partial charge < -0.3 is 24.4 Å². The number of hydrogen-bond donors (Lipinski definition) is 1. The van der Waals surface area contributed by atoms with Crippen molar-refractivity contribution in [2.75, 3.05) is 26.3 Å². The van der Waals surface area contributed by atoms with Crippen molar-refractivity contribution in [1.29, 1.82) is 0 Å². The van der Waals surface area contributed by atoms with Crippen LogP contribution in [0.5, 0.6) is 0 Å². The Balaban J connectivity index is 2.71. The molecule has 2 atom stereocenters. The highest BCUT2D eigenvalue weighted by molar-refractivity contribution is 6.76. The fraction of sp³-hybridized carbons (Fsp3) is 0.833. The molecule has 0 spiro atoms. The van der Waals surface area contributed by atoms with Crippen LogP contribution in [0.25, 0.3) is 0 Å². The quantitative estimate of drug-likeness (QED) is 0.417. The van der Waals surface area contributed by atoms with Gasteiger partial charge in [-0.3, -0.25) is 4.79 Å². The van der Waals surface area contributed by atoms with E-state index in [1.165, 1.54) is 4.90 Å². The molecule has 0 bridgehead atoms. The maximum absolute atomic E-state index is 12.3. The number of nitrogens with one attached hydrogen (secondary N) is 1. The van der Waals surface area contributed by atoms with Crippen molar-refractivity contribution in [3.63, 3.8) is 0 Å². The second kappa shape index (κ2) is 9.43. The summed E-state index contributed by atoms with van der Waals surface area (Å²) < 4.78 is 15.7. The van der Waals surface area contributed by atoms with Crippen LogP contribution >= 0.6 is 0 Å². The highest BCUT2D eigenvalue weighted by Crippen LogP contribution is 2.22. The largest absolute Gasteiger partial charge is 0.466 e. The average molecular weight is 403 g/mol. The van der Waals surface area contributed by atoms with Gasteiger partial charge in [0.25, 0.3) is 0 Å². The molecular formula is C18H34N2O6Si. The molecule has 0 aromatic rings. The summed E-state index contributed by atoms with van der Waals surface area (Å²) in [4.78, 5) is 38.1. The third-order valence-corrected chi connectivity index (χ3v) is 5.65. The lowest BCUT2D eigenvalue weighted by atomic mass is 10.0. The van der Waals surface area contributed by atoms with Crippen LogP contribution in [0.2, 0.25) is 25.7 Å². The Labute approximate surface area is 162 Å². The van der Waals surface area contributed by atoms with Gasteiger partial charge in [0.15, 0.2) is 0 Å². The monoisotopic (exact) mass is 402 g/mol. The number of rotatable bonds is 6. The number of hydrogen-bond acceptors (Lipinski definition) is 6. The Morgan fingerprint density at radius 2 is 1.74 bits per heavy atom. The van der Waals surface area contributed by atoms with Gasteiger partial charge in [-0.1, -0.05) is 19.6 Å². The Morgan fingerprint density at radius 3 is 2.26 bits per heavy atom. The second-order valence-corrected chi connectivity index (χ2v) is 14.6. The third-order valence-electron chi connectivity index (χ3n) is 3.95. The highest BCUT2D eigenvalue weighted by atomic mass is 28.3. The fourth-order valence-corrected chi connectivity index (χ4v) is 3.27. The summed E-state index contributed by atoms with van der Waals surface area (Å²) in [6.45, 7) is 14.5. The first-order valence-electron chi connectivity index (χ1n) is 9.40. The molecule has 2 amide bonds. The van der Waals surface area contributed by atoms with E-state index in [9.17, 15) is 14.4 Å². The summed E-state index contributed by atoms with van der Waals surface area (Å²) in [5, 5.41) is 2.71. The van der Waals surface area contributed by atoms with Crippen LogP contribution in [0.3, 0.4) is 0 Å². The van der Waals surface area contributed by atoms with Gasteiger partial charge in [-0.15, -0.1) is 0 Å². The van der Waals surface area contributed by atoms with Crippen molar-refractivity contribution in [3.05, 3.63) is 0 Å². The number of amides is 2. The summed E-state index contributed by atoms with van der Waals surface area (Å²) in [7, 11) is -1.31. The lowest BCUT2D eigenvalue weighted by Gasteiger charge is -2.24. The molecule has 9 heteroatoms. The standard InChI is InChI=1S/C18H34N2O6Si/c1-8-24-15(21)13-11-20(17(23)26-18(2,3)4)12-14(13)19-16(22)25-9-10-27(5,6)7/h13-14H,8-12H2,1-7H3,(H,19,22). The van der Waals surface area contributed by atoms with E-state index in [4.69, 9.17) is 14.2 Å². The van der Waals surface area contributed by atoms with Crippen molar-refractivity contribution in [3.8, 4) is 0 Å². The third kappa shape index (κ3) is 8.64. The summed E-state index contributed by atoms with van der Waals surface area (Å²) in [5.74, 6) is -1.10. The van der Waals surface area contributed by atoms with Crippen LogP contribution in [0.1, 0.15) is 27.7 Å². The van der Waals surface area contributed by atoms with Gasteiger partial charge in [-0.25, -0.2) is 9.59 Å². The molecule has 1 fully saturated rings. The van der Waals surface area contributed by atoms with Gasteiger partial charge in [-0.05, 0) is 33.7 Å². The van der Waals surface area contributed by atoms with E-state index in [0.717, 1.165) is 6.04 Å². The zero-order valence-corrected chi connectivity index (χ0v) is 18.6. The molecule has 1 rings (SSSR count).